The van der Waals surface area contributed by atoms with Crippen LogP contribution < -0.4 is 0 Å². The van der Waals surface area contributed by atoms with Gasteiger partial charge in [0.2, 0.25) is 0 Å². The van der Waals surface area contributed by atoms with Crippen molar-refractivity contribution in [2.75, 3.05) is 0 Å². The van der Waals surface area contributed by atoms with E-state index < -0.39 is 10.1 Å². The van der Waals surface area contributed by atoms with Crippen molar-refractivity contribution in [3.05, 3.63) is 30.3 Å². The van der Waals surface area contributed by atoms with Gasteiger partial charge in [0.05, 0.1) is 0 Å². The third-order valence-electron chi connectivity index (χ3n) is 0.976. The van der Waals surface area contributed by atoms with Crippen molar-refractivity contribution in [3.8, 4) is 0 Å². The van der Waals surface area contributed by atoms with Gasteiger partial charge in [0.1, 0.15) is 10.1 Å². The van der Waals surface area contributed by atoms with E-state index in [-0.39, 0.29) is 26.0 Å². The first-order valence-corrected chi connectivity index (χ1v) is 3.93. The van der Waals surface area contributed by atoms with Crippen LogP contribution in [-0.4, -0.2) is 13.0 Å². The molecule has 0 N–H and O–H groups in total. The molecule has 0 aromatic heterocycles. The summed E-state index contributed by atoms with van der Waals surface area (Å²) in [5.41, 5.74) is 0. The quantitative estimate of drug-likeness (QED) is 0.543. The van der Waals surface area contributed by atoms with Crippen molar-refractivity contribution in [1.82, 2.24) is 0 Å². The molecule has 62 valence electrons. The zero-order valence-corrected chi connectivity index (χ0v) is 8.35. The Kier molecular flexibility index (Phi) is 3.93. The number of hydrogen-bond acceptors (Lipinski definition) is 3. The van der Waals surface area contributed by atoms with Gasteiger partial charge in [0.25, 0.3) is 0 Å². The molecule has 0 unspecified atom stereocenters. The van der Waals surface area contributed by atoms with E-state index in [1.807, 2.05) is 0 Å². The molecule has 0 bridgehead atoms. The zero-order chi connectivity index (χ0) is 7.61. The van der Waals surface area contributed by atoms with Gasteiger partial charge in [0.15, 0.2) is 0 Å². The van der Waals surface area contributed by atoms with E-state index in [2.05, 4.69) is 6.07 Å². The van der Waals surface area contributed by atoms with Gasteiger partial charge in [-0.15, -0.1) is 0 Å². The van der Waals surface area contributed by atoms with Gasteiger partial charge in [-0.05, 0) is 0 Å². The Morgan fingerprint density at radius 3 is 2.00 bits per heavy atom. The molecular weight excluding hydrogens is 347 g/mol. The fourth-order valence-corrected chi connectivity index (χ4v) is 1.01. The van der Waals surface area contributed by atoms with Crippen LogP contribution in [0.1, 0.15) is 0 Å². The molecule has 0 heterocycles. The molecule has 11 heavy (non-hydrogen) atoms. The maximum absolute atomic E-state index is 10.3. The van der Waals surface area contributed by atoms with Gasteiger partial charge in [-0.2, -0.15) is 30.3 Å². The van der Waals surface area contributed by atoms with Crippen LogP contribution >= 0.6 is 0 Å². The third kappa shape index (κ3) is 3.14. The van der Waals surface area contributed by atoms with Gasteiger partial charge in [-0.25, -0.2) is 8.42 Å². The van der Waals surface area contributed by atoms with Gasteiger partial charge in [-0.3, -0.25) is 0 Å². The van der Waals surface area contributed by atoms with Crippen LogP contribution in [0, 0.1) is 6.07 Å². The summed E-state index contributed by atoms with van der Waals surface area (Å²) in [5.74, 6) is 0. The summed E-state index contributed by atoms with van der Waals surface area (Å²) in [4.78, 5) is -0.216. The minimum atomic E-state index is -4.27. The van der Waals surface area contributed by atoms with Crippen molar-refractivity contribution >= 4 is 10.1 Å². The molecule has 1 rings (SSSR count). The summed E-state index contributed by atoms with van der Waals surface area (Å²) in [6.45, 7) is 0. The monoisotopic (exact) mass is 351 g/mol. The average Bonchev–Trinajstić information content (AvgIpc) is 1.88. The van der Waals surface area contributed by atoms with Crippen LogP contribution in [0.25, 0.3) is 0 Å². The molecule has 5 heteroatoms. The van der Waals surface area contributed by atoms with E-state index in [1.54, 1.807) is 0 Å². The Balaban J connectivity index is 0.000001000. The van der Waals surface area contributed by atoms with E-state index in [0.717, 1.165) is 0 Å². The standard InChI is InChI=1S/C6H5O3S.Pt/c7-10(8,9)6-4-2-1-3-5-6;/h2-5H,(H,7,8,9);/q-1;+2/p-1. The summed E-state index contributed by atoms with van der Waals surface area (Å²) in [5, 5.41) is 0. The summed E-state index contributed by atoms with van der Waals surface area (Å²) in [7, 11) is -4.27. The maximum atomic E-state index is 10.3. The summed E-state index contributed by atoms with van der Waals surface area (Å²) in [6.07, 6.45) is 0. The zero-order valence-electron chi connectivity index (χ0n) is 5.26. The normalized spacial score (nSPS) is 10.3. The molecule has 0 atom stereocenters. The summed E-state index contributed by atoms with van der Waals surface area (Å²) in [6, 6.07) is 7.78. The van der Waals surface area contributed by atoms with E-state index >= 15 is 0 Å². The molecule has 0 fully saturated rings. The van der Waals surface area contributed by atoms with Gasteiger partial charge < -0.3 is 4.55 Å². The molecule has 0 saturated carbocycles. The molecule has 0 radical (unpaired) electrons. The van der Waals surface area contributed by atoms with Crippen LogP contribution in [0.5, 0.6) is 0 Å². The van der Waals surface area contributed by atoms with Crippen molar-refractivity contribution in [3.63, 3.8) is 0 Å². The molecular formula is C6H4O3PtS. The largest absolute Gasteiger partial charge is 2.00 e. The predicted molar refractivity (Wildman–Crippen MR) is 33.2 cm³/mol. The van der Waals surface area contributed by atoms with E-state index in [4.69, 9.17) is 0 Å². The van der Waals surface area contributed by atoms with Crippen molar-refractivity contribution in [2.24, 2.45) is 0 Å². The van der Waals surface area contributed by atoms with Crippen molar-refractivity contribution in [1.29, 1.82) is 0 Å². The maximum Gasteiger partial charge on any atom is 2.00 e. The fourth-order valence-electron chi connectivity index (χ4n) is 0.538. The smallest absolute Gasteiger partial charge is 0.746 e. The first-order chi connectivity index (χ1) is 4.61. The topological polar surface area (TPSA) is 57.2 Å². The molecule has 0 spiro atoms. The predicted octanol–water partition coefficient (Wildman–Crippen LogP) is 0.388. The van der Waals surface area contributed by atoms with Gasteiger partial charge in [0, 0.05) is 0 Å². The van der Waals surface area contributed by atoms with Crippen LogP contribution in [0.4, 0.5) is 0 Å². The Bertz CT molecular complexity index is 306. The minimum absolute atomic E-state index is 0. The fraction of sp³-hybridized carbons (Fsp3) is 0. The summed E-state index contributed by atoms with van der Waals surface area (Å²) < 4.78 is 30.8. The first kappa shape index (κ1) is 10.8. The Morgan fingerprint density at radius 2 is 1.73 bits per heavy atom. The number of benzene rings is 1. The molecule has 1 aromatic rings. The van der Waals surface area contributed by atoms with Gasteiger partial charge in [-0.1, -0.05) is 4.90 Å². The molecule has 0 amide bonds. The van der Waals surface area contributed by atoms with Crippen LogP contribution in [0.2, 0.25) is 0 Å². The molecule has 1 aromatic carbocycles. The second-order valence-electron chi connectivity index (χ2n) is 1.69. The van der Waals surface area contributed by atoms with Gasteiger partial charge >= 0.3 is 21.1 Å². The second-order valence-corrected chi connectivity index (χ2v) is 3.07. The molecule has 0 saturated heterocycles. The number of rotatable bonds is 1. The van der Waals surface area contributed by atoms with Crippen LogP contribution in [0.15, 0.2) is 29.2 Å². The Hall–Kier alpha value is -0.182. The van der Waals surface area contributed by atoms with Crippen molar-refractivity contribution in [2.45, 2.75) is 4.90 Å². The second kappa shape index (κ2) is 4.00. The van der Waals surface area contributed by atoms with Crippen LogP contribution in [-0.2, 0) is 31.2 Å². The van der Waals surface area contributed by atoms with E-state index in [9.17, 15) is 13.0 Å². The third-order valence-corrected chi connectivity index (χ3v) is 1.83. The molecule has 0 aliphatic rings. The average molecular weight is 351 g/mol. The molecule has 0 aliphatic carbocycles. The summed E-state index contributed by atoms with van der Waals surface area (Å²) >= 11 is 0. The van der Waals surface area contributed by atoms with Crippen LogP contribution in [0.3, 0.4) is 0 Å². The molecule has 3 nitrogen and oxygen atoms in total. The minimum Gasteiger partial charge on any atom is -0.746 e. The Labute approximate surface area is 79.4 Å². The van der Waals surface area contributed by atoms with Crippen molar-refractivity contribution < 1.29 is 34.0 Å². The molecule has 0 aliphatic heterocycles. The first-order valence-electron chi connectivity index (χ1n) is 2.53. The Morgan fingerprint density at radius 1 is 1.27 bits per heavy atom. The SMILES string of the molecule is O=S(=O)([O-])c1cc[c-]cc1.[Pt+2]. The van der Waals surface area contributed by atoms with E-state index in [0.29, 0.717) is 0 Å². The number of hydrogen-bond donors (Lipinski definition) is 0. The van der Waals surface area contributed by atoms with E-state index in [1.165, 1.54) is 24.3 Å².